The molecular weight excluding hydrogens is 284 g/mol. The molecule has 1 aromatic carbocycles. The van der Waals surface area contributed by atoms with E-state index in [1.807, 2.05) is 29.6 Å². The summed E-state index contributed by atoms with van der Waals surface area (Å²) in [5.74, 6) is 0. The molecule has 4 heteroatoms. The Kier molecular flexibility index (Phi) is 2.46. The molecule has 0 amide bonds. The second-order valence-corrected chi connectivity index (χ2v) is 5.06. The maximum Gasteiger partial charge on any atom is 0.136 e. The lowest BCUT2D eigenvalue weighted by molar-refractivity contribution is 1.04. The van der Waals surface area contributed by atoms with Gasteiger partial charge in [0.2, 0.25) is 0 Å². The molecule has 2 heterocycles. The molecule has 0 aliphatic heterocycles. The molecule has 0 saturated heterocycles. The Balaban J connectivity index is 2.39. The van der Waals surface area contributed by atoms with Gasteiger partial charge in [0.15, 0.2) is 0 Å². The molecule has 0 N–H and O–H groups in total. The van der Waals surface area contributed by atoms with Gasteiger partial charge < -0.3 is 0 Å². The zero-order chi connectivity index (χ0) is 11.0. The zero-order valence-electron chi connectivity index (χ0n) is 8.22. The van der Waals surface area contributed by atoms with Crippen LogP contribution in [0.2, 0.25) is 0 Å². The molecule has 0 atom stereocenters. The van der Waals surface area contributed by atoms with Gasteiger partial charge in [-0.1, -0.05) is 30.3 Å². The van der Waals surface area contributed by atoms with Gasteiger partial charge in [0.1, 0.15) is 10.3 Å². The Bertz CT molecular complexity index is 635. The van der Waals surface area contributed by atoms with Crippen molar-refractivity contribution in [1.82, 2.24) is 10.2 Å². The smallest absolute Gasteiger partial charge is 0.136 e. The predicted octanol–water partition coefficient (Wildman–Crippen LogP) is 4.12. The normalized spacial score (nSPS) is 10.8. The average molecular weight is 291 g/mol. The van der Waals surface area contributed by atoms with E-state index >= 15 is 0 Å². The lowest BCUT2D eigenvalue weighted by Gasteiger charge is -2.03. The number of halogens is 1. The predicted molar refractivity (Wildman–Crippen MR) is 70.6 cm³/mol. The summed E-state index contributed by atoms with van der Waals surface area (Å²) in [6, 6.07) is 12.2. The van der Waals surface area contributed by atoms with Crippen molar-refractivity contribution in [3.8, 4) is 10.6 Å². The largest absolute Gasteiger partial charge is 0.148 e. The van der Waals surface area contributed by atoms with Crippen LogP contribution in [-0.2, 0) is 0 Å². The molecule has 0 bridgehead atoms. The average Bonchev–Trinajstić information content (AvgIpc) is 2.83. The summed E-state index contributed by atoms with van der Waals surface area (Å²) in [5.41, 5.74) is 0.953. The summed E-state index contributed by atoms with van der Waals surface area (Å²) in [6.45, 7) is 0. The standard InChI is InChI=1S/C12H7BrN2S/c13-12-9-5-2-1-4-8(9)11(14-15-12)10-6-3-7-16-10/h1-7H. The van der Waals surface area contributed by atoms with Crippen molar-refractivity contribution in [3.63, 3.8) is 0 Å². The lowest BCUT2D eigenvalue weighted by Crippen LogP contribution is -1.89. The molecule has 2 nitrogen and oxygen atoms in total. The summed E-state index contributed by atoms with van der Waals surface area (Å²) in [6.07, 6.45) is 0. The number of rotatable bonds is 1. The second-order valence-electron chi connectivity index (χ2n) is 3.36. The van der Waals surface area contributed by atoms with Crippen LogP contribution in [-0.4, -0.2) is 10.2 Å². The maximum atomic E-state index is 4.26. The van der Waals surface area contributed by atoms with Gasteiger partial charge in [-0.25, -0.2) is 0 Å². The van der Waals surface area contributed by atoms with Crippen molar-refractivity contribution < 1.29 is 0 Å². The van der Waals surface area contributed by atoms with Crippen molar-refractivity contribution in [2.45, 2.75) is 0 Å². The Labute approximate surface area is 105 Å². The summed E-state index contributed by atoms with van der Waals surface area (Å²) >= 11 is 5.10. The zero-order valence-corrected chi connectivity index (χ0v) is 10.6. The Morgan fingerprint density at radius 1 is 0.938 bits per heavy atom. The van der Waals surface area contributed by atoms with E-state index in [9.17, 15) is 0 Å². The van der Waals surface area contributed by atoms with E-state index in [1.165, 1.54) is 0 Å². The molecule has 2 aromatic heterocycles. The number of aromatic nitrogens is 2. The summed E-state index contributed by atoms with van der Waals surface area (Å²) in [5, 5.41) is 12.7. The molecule has 0 fully saturated rings. The monoisotopic (exact) mass is 290 g/mol. The van der Waals surface area contributed by atoms with Crippen molar-refractivity contribution in [1.29, 1.82) is 0 Å². The highest BCUT2D eigenvalue weighted by molar-refractivity contribution is 9.10. The molecule has 3 aromatic rings. The van der Waals surface area contributed by atoms with E-state index in [2.05, 4.69) is 38.3 Å². The van der Waals surface area contributed by atoms with Crippen LogP contribution in [0, 0.1) is 0 Å². The van der Waals surface area contributed by atoms with E-state index in [4.69, 9.17) is 0 Å². The van der Waals surface area contributed by atoms with Gasteiger partial charge in [0.05, 0.1) is 4.88 Å². The van der Waals surface area contributed by atoms with Crippen LogP contribution < -0.4 is 0 Å². The van der Waals surface area contributed by atoms with Crippen LogP contribution in [0.5, 0.6) is 0 Å². The molecule has 0 aliphatic rings. The van der Waals surface area contributed by atoms with E-state index in [-0.39, 0.29) is 0 Å². The quantitative estimate of drug-likeness (QED) is 0.674. The first-order chi connectivity index (χ1) is 7.86. The van der Waals surface area contributed by atoms with Crippen LogP contribution in [0.15, 0.2) is 46.4 Å². The summed E-state index contributed by atoms with van der Waals surface area (Å²) < 4.78 is 0.795. The number of fused-ring (bicyclic) bond motifs is 1. The number of hydrogen-bond donors (Lipinski definition) is 0. The Hall–Kier alpha value is -1.26. The fraction of sp³-hybridized carbons (Fsp3) is 0. The molecule has 3 rings (SSSR count). The molecule has 0 radical (unpaired) electrons. The number of nitrogens with zero attached hydrogens (tertiary/aromatic N) is 2. The molecule has 78 valence electrons. The van der Waals surface area contributed by atoms with Crippen molar-refractivity contribution >= 4 is 38.0 Å². The van der Waals surface area contributed by atoms with Crippen LogP contribution in [0.25, 0.3) is 21.3 Å². The number of hydrogen-bond acceptors (Lipinski definition) is 3. The molecule has 16 heavy (non-hydrogen) atoms. The van der Waals surface area contributed by atoms with Crippen molar-refractivity contribution in [3.05, 3.63) is 46.4 Å². The molecular formula is C12H7BrN2S. The van der Waals surface area contributed by atoms with Gasteiger partial charge in [-0.05, 0) is 27.4 Å². The third-order valence-corrected chi connectivity index (χ3v) is 3.86. The van der Waals surface area contributed by atoms with Crippen LogP contribution >= 0.6 is 27.3 Å². The highest BCUT2D eigenvalue weighted by Gasteiger charge is 2.09. The van der Waals surface area contributed by atoms with Crippen molar-refractivity contribution in [2.75, 3.05) is 0 Å². The fourth-order valence-electron chi connectivity index (χ4n) is 1.67. The molecule has 0 aliphatic carbocycles. The first-order valence-electron chi connectivity index (χ1n) is 4.81. The first-order valence-corrected chi connectivity index (χ1v) is 6.48. The first kappa shape index (κ1) is 9.93. The summed E-state index contributed by atoms with van der Waals surface area (Å²) in [7, 11) is 0. The third kappa shape index (κ3) is 1.54. The third-order valence-electron chi connectivity index (χ3n) is 2.40. The maximum absolute atomic E-state index is 4.26. The van der Waals surface area contributed by atoms with Gasteiger partial charge in [0, 0.05) is 10.8 Å². The molecule has 0 unspecified atom stereocenters. The van der Waals surface area contributed by atoms with E-state index in [1.54, 1.807) is 11.3 Å². The minimum Gasteiger partial charge on any atom is -0.148 e. The minimum atomic E-state index is 0.795. The molecule has 0 saturated carbocycles. The highest BCUT2D eigenvalue weighted by Crippen LogP contribution is 2.31. The highest BCUT2D eigenvalue weighted by atomic mass is 79.9. The van der Waals surface area contributed by atoms with Crippen molar-refractivity contribution in [2.24, 2.45) is 0 Å². The van der Waals surface area contributed by atoms with Gasteiger partial charge in [-0.3, -0.25) is 0 Å². The summed E-state index contributed by atoms with van der Waals surface area (Å²) in [4.78, 5) is 1.15. The van der Waals surface area contributed by atoms with E-state index < -0.39 is 0 Å². The Morgan fingerprint density at radius 3 is 2.50 bits per heavy atom. The van der Waals surface area contributed by atoms with Gasteiger partial charge in [0.25, 0.3) is 0 Å². The van der Waals surface area contributed by atoms with Gasteiger partial charge in [-0.15, -0.1) is 21.5 Å². The lowest BCUT2D eigenvalue weighted by atomic mass is 10.1. The van der Waals surface area contributed by atoms with Crippen LogP contribution in [0.3, 0.4) is 0 Å². The van der Waals surface area contributed by atoms with Gasteiger partial charge in [-0.2, -0.15) is 0 Å². The van der Waals surface area contributed by atoms with Crippen LogP contribution in [0.1, 0.15) is 0 Å². The number of thiophene rings is 1. The topological polar surface area (TPSA) is 25.8 Å². The Morgan fingerprint density at radius 2 is 1.75 bits per heavy atom. The van der Waals surface area contributed by atoms with Crippen LogP contribution in [0.4, 0.5) is 0 Å². The fourth-order valence-corrected chi connectivity index (χ4v) is 2.81. The second kappa shape index (κ2) is 3.96. The molecule has 0 spiro atoms. The SMILES string of the molecule is Brc1nnc(-c2cccs2)c2ccccc12. The van der Waals surface area contributed by atoms with Gasteiger partial charge >= 0.3 is 0 Å². The minimum absolute atomic E-state index is 0.795. The van der Waals surface area contributed by atoms with E-state index in [0.29, 0.717) is 0 Å². The number of benzene rings is 1. The van der Waals surface area contributed by atoms with E-state index in [0.717, 1.165) is 25.9 Å².